The minimum absolute atomic E-state index is 0.0124. The summed E-state index contributed by atoms with van der Waals surface area (Å²) in [5, 5.41) is 12.8. The average molecular weight is 476 g/mol. The highest BCUT2D eigenvalue weighted by Gasteiger charge is 2.38. The van der Waals surface area contributed by atoms with E-state index in [1.807, 2.05) is 0 Å². The molecule has 2 fully saturated rings. The number of halogens is 3. The van der Waals surface area contributed by atoms with Crippen LogP contribution in [0.3, 0.4) is 0 Å². The molecule has 0 amide bonds. The monoisotopic (exact) mass is 475 g/mol. The molecule has 4 atom stereocenters. The first-order valence-electron chi connectivity index (χ1n) is 11.4. The Bertz CT molecular complexity index is 909. The first kappa shape index (κ1) is 23.8. The highest BCUT2D eigenvalue weighted by molar-refractivity contribution is 7.89. The van der Waals surface area contributed by atoms with Gasteiger partial charge >= 0.3 is 6.18 Å². The van der Waals surface area contributed by atoms with Gasteiger partial charge in [-0.2, -0.15) is 13.2 Å². The van der Waals surface area contributed by atoms with Crippen LogP contribution in [0.4, 0.5) is 18.9 Å². The van der Waals surface area contributed by atoms with Gasteiger partial charge in [-0.25, -0.2) is 13.1 Å². The number of hydrogen-bond acceptors (Lipinski definition) is 5. The molecule has 2 aliphatic heterocycles. The first-order valence-corrected chi connectivity index (χ1v) is 13.1. The van der Waals surface area contributed by atoms with Crippen LogP contribution in [0.2, 0.25) is 0 Å². The Hall–Kier alpha value is -1.36. The molecule has 1 saturated heterocycles. The zero-order chi connectivity index (χ0) is 22.9. The van der Waals surface area contributed by atoms with E-state index in [1.54, 1.807) is 0 Å². The Kier molecular flexibility index (Phi) is 7.05. The van der Waals surface area contributed by atoms with Gasteiger partial charge in [0.2, 0.25) is 10.0 Å². The van der Waals surface area contributed by atoms with Crippen molar-refractivity contribution in [2.45, 2.75) is 50.3 Å². The predicted octanol–water partition coefficient (Wildman–Crippen LogP) is 3.01. The maximum atomic E-state index is 13.2. The van der Waals surface area contributed by atoms with E-state index >= 15 is 0 Å². The lowest BCUT2D eigenvalue weighted by Crippen LogP contribution is -2.38. The summed E-state index contributed by atoms with van der Waals surface area (Å²) in [6.45, 7) is 3.12. The van der Waals surface area contributed by atoms with E-state index < -0.39 is 21.8 Å². The van der Waals surface area contributed by atoms with Gasteiger partial charge in [-0.15, -0.1) is 0 Å². The normalized spacial score (nSPS) is 28.8. The van der Waals surface area contributed by atoms with Crippen LogP contribution in [0.25, 0.3) is 0 Å². The summed E-state index contributed by atoms with van der Waals surface area (Å²) in [6.07, 6.45) is -1.02. The number of sulfonamides is 1. The van der Waals surface area contributed by atoms with Crippen LogP contribution in [0.5, 0.6) is 0 Å². The number of nitrogens with one attached hydrogen (secondary N) is 2. The van der Waals surface area contributed by atoms with Gasteiger partial charge in [0.05, 0.1) is 17.4 Å². The number of benzene rings is 1. The van der Waals surface area contributed by atoms with Crippen LogP contribution < -0.4 is 10.0 Å². The molecule has 3 aliphatic rings. The molecule has 0 bridgehead atoms. The molecular formula is C22H32F3N3O3S. The van der Waals surface area contributed by atoms with Crippen molar-refractivity contribution < 1.29 is 26.7 Å². The lowest BCUT2D eigenvalue weighted by Gasteiger charge is -2.41. The second-order valence-corrected chi connectivity index (χ2v) is 11.4. The third-order valence-corrected chi connectivity index (χ3v) is 8.59. The highest BCUT2D eigenvalue weighted by Crippen LogP contribution is 2.47. The fraction of sp³-hybridized carbons (Fsp3) is 0.727. The molecule has 2 heterocycles. The summed E-state index contributed by atoms with van der Waals surface area (Å²) < 4.78 is 67.2. The summed E-state index contributed by atoms with van der Waals surface area (Å²) >= 11 is 0. The second kappa shape index (κ2) is 9.48. The number of hydrogen-bond donors (Lipinski definition) is 3. The molecule has 1 aromatic rings. The number of likely N-dealkylation sites (tertiary alicyclic amines) is 1. The summed E-state index contributed by atoms with van der Waals surface area (Å²) in [4.78, 5) is 2.07. The number of alkyl halides is 3. The van der Waals surface area contributed by atoms with Gasteiger partial charge in [-0.1, -0.05) is 0 Å². The standard InChI is InChI=1S/C22H32F3N3O3S/c23-22(24,25)17-4-5-21-20(11-17)19-10-15(2-3-16(19)13-26-21)12-27-32(30,31)9-1-7-28-8-6-18(29)14-28/h4-5,11,15-16,18-19,26-27,29H,1-3,6-10,12-14H2. The Morgan fingerprint density at radius 1 is 1.22 bits per heavy atom. The van der Waals surface area contributed by atoms with Crippen LogP contribution in [0.15, 0.2) is 18.2 Å². The van der Waals surface area contributed by atoms with Crippen molar-refractivity contribution in [1.82, 2.24) is 9.62 Å². The van der Waals surface area contributed by atoms with Crippen molar-refractivity contribution >= 4 is 15.7 Å². The SMILES string of the molecule is O=S(=O)(CCCN1CCC(O)C1)NCC1CCC2CNc3ccc(C(F)(F)F)cc3C2C1. The number of anilines is 1. The van der Waals surface area contributed by atoms with Crippen LogP contribution in [0, 0.1) is 11.8 Å². The van der Waals surface area contributed by atoms with Crippen molar-refractivity contribution in [2.24, 2.45) is 11.8 Å². The Morgan fingerprint density at radius 3 is 2.75 bits per heavy atom. The Balaban J connectivity index is 1.32. The average Bonchev–Trinajstić information content (AvgIpc) is 3.16. The second-order valence-electron chi connectivity index (χ2n) is 9.49. The lowest BCUT2D eigenvalue weighted by molar-refractivity contribution is -0.137. The quantitative estimate of drug-likeness (QED) is 0.565. The zero-order valence-corrected chi connectivity index (χ0v) is 18.9. The Morgan fingerprint density at radius 2 is 2.03 bits per heavy atom. The van der Waals surface area contributed by atoms with Gasteiger partial charge in [-0.05, 0) is 80.2 Å². The van der Waals surface area contributed by atoms with Gasteiger partial charge in [0, 0.05) is 31.9 Å². The minimum Gasteiger partial charge on any atom is -0.392 e. The van der Waals surface area contributed by atoms with E-state index in [0.29, 0.717) is 38.0 Å². The summed E-state index contributed by atoms with van der Waals surface area (Å²) in [7, 11) is -3.40. The van der Waals surface area contributed by atoms with E-state index in [0.717, 1.165) is 44.1 Å². The van der Waals surface area contributed by atoms with Gasteiger partial charge in [0.15, 0.2) is 0 Å². The van der Waals surface area contributed by atoms with Gasteiger partial charge in [0.25, 0.3) is 0 Å². The van der Waals surface area contributed by atoms with Crippen LogP contribution in [0.1, 0.15) is 49.1 Å². The number of nitrogens with zero attached hydrogens (tertiary/aromatic N) is 1. The fourth-order valence-electron chi connectivity index (χ4n) is 5.39. The lowest BCUT2D eigenvalue weighted by atomic mass is 9.69. The van der Waals surface area contributed by atoms with Crippen molar-refractivity contribution in [3.8, 4) is 0 Å². The van der Waals surface area contributed by atoms with E-state index in [-0.39, 0.29) is 29.6 Å². The van der Waals surface area contributed by atoms with Crippen molar-refractivity contribution in [2.75, 3.05) is 43.8 Å². The third kappa shape index (κ3) is 5.76. The Labute approximate surface area is 187 Å². The molecule has 3 N–H and O–H groups in total. The third-order valence-electron chi connectivity index (χ3n) is 7.16. The molecule has 32 heavy (non-hydrogen) atoms. The fourth-order valence-corrected chi connectivity index (χ4v) is 6.53. The molecule has 0 radical (unpaired) electrons. The number of aliphatic hydroxyl groups is 1. The van der Waals surface area contributed by atoms with Crippen molar-refractivity contribution in [3.05, 3.63) is 29.3 Å². The largest absolute Gasteiger partial charge is 0.416 e. The van der Waals surface area contributed by atoms with E-state index in [9.17, 15) is 26.7 Å². The molecule has 6 nitrogen and oxygen atoms in total. The molecule has 1 aromatic carbocycles. The topological polar surface area (TPSA) is 81.7 Å². The molecule has 0 spiro atoms. The summed E-state index contributed by atoms with van der Waals surface area (Å²) in [5.74, 6) is 0.438. The van der Waals surface area contributed by atoms with Gasteiger partial charge < -0.3 is 15.3 Å². The molecule has 0 aromatic heterocycles. The molecule has 4 unspecified atom stereocenters. The number of aliphatic hydroxyl groups excluding tert-OH is 1. The molecule has 1 saturated carbocycles. The summed E-state index contributed by atoms with van der Waals surface area (Å²) in [6, 6.07) is 3.89. The maximum absolute atomic E-state index is 13.2. The van der Waals surface area contributed by atoms with Gasteiger partial charge in [0.1, 0.15) is 0 Å². The molecule has 10 heteroatoms. The summed E-state index contributed by atoms with van der Waals surface area (Å²) in [5.41, 5.74) is 0.830. The van der Waals surface area contributed by atoms with Crippen LogP contribution in [-0.4, -0.2) is 63.0 Å². The van der Waals surface area contributed by atoms with Gasteiger partial charge in [-0.3, -0.25) is 0 Å². The van der Waals surface area contributed by atoms with E-state index in [1.165, 1.54) is 12.1 Å². The van der Waals surface area contributed by atoms with E-state index in [2.05, 4.69) is 14.9 Å². The molecule has 1 aliphatic carbocycles. The highest BCUT2D eigenvalue weighted by atomic mass is 32.2. The number of rotatable bonds is 7. The minimum atomic E-state index is -4.38. The maximum Gasteiger partial charge on any atom is 0.416 e. The smallest absolute Gasteiger partial charge is 0.392 e. The first-order chi connectivity index (χ1) is 15.1. The zero-order valence-electron chi connectivity index (χ0n) is 18.1. The van der Waals surface area contributed by atoms with Crippen LogP contribution >= 0.6 is 0 Å². The predicted molar refractivity (Wildman–Crippen MR) is 117 cm³/mol. The van der Waals surface area contributed by atoms with Crippen LogP contribution in [-0.2, 0) is 16.2 Å². The van der Waals surface area contributed by atoms with Crippen molar-refractivity contribution in [1.29, 1.82) is 0 Å². The molecule has 4 rings (SSSR count). The van der Waals surface area contributed by atoms with Crippen molar-refractivity contribution in [3.63, 3.8) is 0 Å². The number of fused-ring (bicyclic) bond motifs is 3. The molecular weight excluding hydrogens is 443 g/mol. The van der Waals surface area contributed by atoms with E-state index in [4.69, 9.17) is 0 Å². The molecule has 180 valence electrons. The number of β-amino-alcohol motifs (C(OH)–C–C–N with tert-alkyl or cyclic N) is 1.